The molecule has 0 spiro atoms. The summed E-state index contributed by atoms with van der Waals surface area (Å²) in [5.74, 6) is 1.82. The first kappa shape index (κ1) is 22.5. The number of carbonyl (C=O) groups is 1. The zero-order valence-electron chi connectivity index (χ0n) is 18.1. The maximum absolute atomic E-state index is 12.8. The largest absolute Gasteiger partial charge is 0.493 e. The van der Waals surface area contributed by atoms with Crippen LogP contribution in [0.25, 0.3) is 0 Å². The molecular formula is C22H36N2O4. The van der Waals surface area contributed by atoms with Crippen molar-refractivity contribution >= 4 is 5.91 Å². The zero-order valence-corrected chi connectivity index (χ0v) is 18.1. The van der Waals surface area contributed by atoms with E-state index >= 15 is 0 Å². The van der Waals surface area contributed by atoms with Crippen LogP contribution in [0.5, 0.6) is 11.5 Å². The average molecular weight is 393 g/mol. The molecular weight excluding hydrogens is 356 g/mol. The van der Waals surface area contributed by atoms with Gasteiger partial charge in [-0.1, -0.05) is 33.8 Å². The van der Waals surface area contributed by atoms with Crippen molar-refractivity contribution in [2.75, 3.05) is 20.3 Å². The second-order valence-corrected chi connectivity index (χ2v) is 8.54. The lowest BCUT2D eigenvalue weighted by molar-refractivity contribution is -0.170. The molecule has 158 valence electrons. The van der Waals surface area contributed by atoms with Gasteiger partial charge in [0, 0.05) is 25.0 Å². The van der Waals surface area contributed by atoms with Crippen molar-refractivity contribution in [2.45, 2.75) is 65.6 Å². The summed E-state index contributed by atoms with van der Waals surface area (Å²) in [6.07, 6.45) is 1.53. The van der Waals surface area contributed by atoms with Crippen LogP contribution < -0.4 is 20.5 Å². The van der Waals surface area contributed by atoms with Gasteiger partial charge in [0.15, 0.2) is 11.5 Å². The van der Waals surface area contributed by atoms with Crippen LogP contribution >= 0.6 is 0 Å². The Labute approximate surface area is 169 Å². The fourth-order valence-electron chi connectivity index (χ4n) is 3.51. The standard InChI is InChI=1S/C22H36N2O4/c1-7-27-19-13-22(23,21(19,4)5)20(25)24-14-16-8-9-17(18(12-16)26-6)28-11-10-15(2)3/h8-9,12,15,19H,7,10-11,13-14,23H2,1-6H3,(H,24,25). The number of ether oxygens (including phenoxy) is 3. The zero-order chi connectivity index (χ0) is 20.9. The Morgan fingerprint density at radius 3 is 2.61 bits per heavy atom. The fraction of sp³-hybridized carbons (Fsp3) is 0.682. The molecule has 6 nitrogen and oxygen atoms in total. The Bertz CT molecular complexity index is 675. The van der Waals surface area contributed by atoms with Crippen LogP contribution in [0, 0.1) is 11.3 Å². The molecule has 1 amide bonds. The van der Waals surface area contributed by atoms with E-state index < -0.39 is 11.0 Å². The smallest absolute Gasteiger partial charge is 0.241 e. The van der Waals surface area contributed by atoms with Gasteiger partial charge in [-0.25, -0.2) is 0 Å². The number of carbonyl (C=O) groups excluding carboxylic acids is 1. The van der Waals surface area contributed by atoms with Crippen molar-refractivity contribution in [3.05, 3.63) is 23.8 Å². The summed E-state index contributed by atoms with van der Waals surface area (Å²) in [4.78, 5) is 12.8. The summed E-state index contributed by atoms with van der Waals surface area (Å²) in [7, 11) is 1.62. The van der Waals surface area contributed by atoms with Crippen LogP contribution in [-0.2, 0) is 16.1 Å². The molecule has 2 unspecified atom stereocenters. The molecule has 0 heterocycles. The highest BCUT2D eigenvalue weighted by atomic mass is 16.5. The van der Waals surface area contributed by atoms with Crippen molar-refractivity contribution in [2.24, 2.45) is 17.1 Å². The van der Waals surface area contributed by atoms with E-state index in [1.807, 2.05) is 39.0 Å². The second kappa shape index (κ2) is 9.14. The Morgan fingerprint density at radius 1 is 1.32 bits per heavy atom. The second-order valence-electron chi connectivity index (χ2n) is 8.54. The summed E-state index contributed by atoms with van der Waals surface area (Å²) in [6, 6.07) is 5.71. The highest BCUT2D eigenvalue weighted by Gasteiger charge is 2.62. The lowest BCUT2D eigenvalue weighted by Crippen LogP contribution is -2.75. The van der Waals surface area contributed by atoms with Gasteiger partial charge in [-0.15, -0.1) is 0 Å². The molecule has 0 aliphatic heterocycles. The summed E-state index contributed by atoms with van der Waals surface area (Å²) < 4.78 is 17.0. The first-order valence-corrected chi connectivity index (χ1v) is 10.1. The lowest BCUT2D eigenvalue weighted by atomic mass is 9.54. The van der Waals surface area contributed by atoms with E-state index in [0.29, 0.717) is 43.6 Å². The molecule has 0 aromatic heterocycles. The number of hydrogen-bond acceptors (Lipinski definition) is 5. The molecule has 0 bridgehead atoms. The minimum atomic E-state index is -0.920. The van der Waals surface area contributed by atoms with Gasteiger partial charge in [0.05, 0.1) is 19.8 Å². The van der Waals surface area contributed by atoms with Crippen molar-refractivity contribution in [3.8, 4) is 11.5 Å². The number of rotatable bonds is 10. The van der Waals surface area contributed by atoms with E-state index in [1.54, 1.807) is 7.11 Å². The number of nitrogens with two attached hydrogens (primary N) is 1. The van der Waals surface area contributed by atoms with Crippen LogP contribution in [0.4, 0.5) is 0 Å². The van der Waals surface area contributed by atoms with Crippen LogP contribution in [0.1, 0.15) is 53.0 Å². The highest BCUT2D eigenvalue weighted by molar-refractivity contribution is 5.88. The molecule has 0 radical (unpaired) electrons. The normalized spacial score (nSPS) is 23.2. The maximum Gasteiger partial charge on any atom is 0.241 e. The molecule has 2 rings (SSSR count). The summed E-state index contributed by atoms with van der Waals surface area (Å²) in [5, 5.41) is 2.97. The predicted octanol–water partition coefficient (Wildman–Crippen LogP) is 3.27. The topological polar surface area (TPSA) is 82.8 Å². The van der Waals surface area contributed by atoms with Crippen LogP contribution in [-0.4, -0.2) is 37.9 Å². The highest BCUT2D eigenvalue weighted by Crippen LogP contribution is 2.49. The maximum atomic E-state index is 12.8. The van der Waals surface area contributed by atoms with Gasteiger partial charge < -0.3 is 25.3 Å². The van der Waals surface area contributed by atoms with Gasteiger partial charge >= 0.3 is 0 Å². The molecule has 1 saturated carbocycles. The summed E-state index contributed by atoms with van der Waals surface area (Å²) in [6.45, 7) is 11.9. The van der Waals surface area contributed by atoms with Gasteiger partial charge in [0.1, 0.15) is 5.54 Å². The fourth-order valence-corrected chi connectivity index (χ4v) is 3.51. The van der Waals surface area contributed by atoms with E-state index in [-0.39, 0.29) is 12.0 Å². The first-order valence-electron chi connectivity index (χ1n) is 10.1. The molecule has 1 aromatic carbocycles. The summed E-state index contributed by atoms with van der Waals surface area (Å²) >= 11 is 0. The first-order chi connectivity index (χ1) is 13.2. The molecule has 3 N–H and O–H groups in total. The molecule has 1 aliphatic carbocycles. The van der Waals surface area contributed by atoms with Crippen LogP contribution in [0.2, 0.25) is 0 Å². The van der Waals surface area contributed by atoms with Crippen molar-refractivity contribution in [3.63, 3.8) is 0 Å². The Morgan fingerprint density at radius 2 is 2.04 bits per heavy atom. The third-order valence-corrected chi connectivity index (χ3v) is 5.87. The Kier molecular flexibility index (Phi) is 7.34. The van der Waals surface area contributed by atoms with Gasteiger partial charge in [-0.3, -0.25) is 4.79 Å². The number of methoxy groups -OCH3 is 1. The van der Waals surface area contributed by atoms with Gasteiger partial charge in [0.25, 0.3) is 0 Å². The third-order valence-electron chi connectivity index (χ3n) is 5.87. The van der Waals surface area contributed by atoms with Crippen molar-refractivity contribution in [1.29, 1.82) is 0 Å². The van der Waals surface area contributed by atoms with Gasteiger partial charge in [-0.05, 0) is 37.0 Å². The predicted molar refractivity (Wildman–Crippen MR) is 111 cm³/mol. The van der Waals surface area contributed by atoms with Crippen LogP contribution in [0.3, 0.4) is 0 Å². The number of benzene rings is 1. The van der Waals surface area contributed by atoms with Gasteiger partial charge in [0.2, 0.25) is 5.91 Å². The number of amides is 1. The third kappa shape index (κ3) is 4.61. The monoisotopic (exact) mass is 392 g/mol. The molecule has 1 aromatic rings. The minimum Gasteiger partial charge on any atom is -0.493 e. The summed E-state index contributed by atoms with van der Waals surface area (Å²) in [5.41, 5.74) is 6.04. The average Bonchev–Trinajstić information content (AvgIpc) is 2.65. The van der Waals surface area contributed by atoms with Crippen molar-refractivity contribution in [1.82, 2.24) is 5.32 Å². The van der Waals surface area contributed by atoms with E-state index in [1.165, 1.54) is 0 Å². The minimum absolute atomic E-state index is 0.00983. The SMILES string of the molecule is CCOC1CC(N)(C(=O)NCc2ccc(OCCC(C)C)c(OC)c2)C1(C)C. The molecule has 28 heavy (non-hydrogen) atoms. The number of hydrogen-bond donors (Lipinski definition) is 2. The number of nitrogens with one attached hydrogen (secondary N) is 1. The van der Waals surface area contributed by atoms with E-state index in [4.69, 9.17) is 19.9 Å². The van der Waals surface area contributed by atoms with E-state index in [0.717, 1.165) is 12.0 Å². The van der Waals surface area contributed by atoms with Crippen molar-refractivity contribution < 1.29 is 19.0 Å². The van der Waals surface area contributed by atoms with E-state index in [9.17, 15) is 4.79 Å². The van der Waals surface area contributed by atoms with Gasteiger partial charge in [-0.2, -0.15) is 0 Å². The Balaban J connectivity index is 1.96. The lowest BCUT2D eigenvalue weighted by Gasteiger charge is -2.57. The molecule has 6 heteroatoms. The molecule has 1 aliphatic rings. The van der Waals surface area contributed by atoms with E-state index in [2.05, 4.69) is 19.2 Å². The Hall–Kier alpha value is -1.79. The quantitative estimate of drug-likeness (QED) is 0.639. The molecule has 0 saturated heterocycles. The van der Waals surface area contributed by atoms with Crippen LogP contribution in [0.15, 0.2) is 18.2 Å². The molecule has 2 atom stereocenters. The molecule has 1 fully saturated rings.